The third-order valence-corrected chi connectivity index (χ3v) is 1.53. The highest BCUT2D eigenvalue weighted by Gasteiger charge is 2.35. The first kappa shape index (κ1) is 11.6. The largest absolute Gasteiger partial charge is 0.435 e. The van der Waals surface area contributed by atoms with Gasteiger partial charge < -0.3 is 0 Å². The SMILES string of the molecule is O=Cc1cc(C(F)(F)F)nn1CC(F)F. The van der Waals surface area contributed by atoms with Crippen LogP contribution in [0, 0.1) is 0 Å². The maximum absolute atomic E-state index is 12.1. The monoisotopic (exact) mass is 228 g/mol. The van der Waals surface area contributed by atoms with Gasteiger partial charge in [0.05, 0.1) is 0 Å². The van der Waals surface area contributed by atoms with Gasteiger partial charge in [0.25, 0.3) is 6.43 Å². The first-order valence-electron chi connectivity index (χ1n) is 3.73. The zero-order chi connectivity index (χ0) is 11.6. The van der Waals surface area contributed by atoms with Gasteiger partial charge in [-0.3, -0.25) is 9.48 Å². The maximum Gasteiger partial charge on any atom is 0.435 e. The summed E-state index contributed by atoms with van der Waals surface area (Å²) in [5.41, 5.74) is -1.88. The molecule has 8 heteroatoms. The molecule has 3 nitrogen and oxygen atoms in total. The lowest BCUT2D eigenvalue weighted by Crippen LogP contribution is -2.13. The number of nitrogens with zero attached hydrogens (tertiary/aromatic N) is 2. The normalized spacial score (nSPS) is 12.1. The Hall–Kier alpha value is -1.47. The molecule has 0 unspecified atom stereocenters. The Labute approximate surface area is 80.5 Å². The highest BCUT2D eigenvalue weighted by atomic mass is 19.4. The molecule has 0 aliphatic carbocycles. The summed E-state index contributed by atoms with van der Waals surface area (Å²) in [5.74, 6) is 0. The van der Waals surface area contributed by atoms with Crippen LogP contribution in [0.3, 0.4) is 0 Å². The van der Waals surface area contributed by atoms with Crippen molar-refractivity contribution in [2.45, 2.75) is 19.1 Å². The van der Waals surface area contributed by atoms with Crippen LogP contribution in [0.5, 0.6) is 0 Å². The molecule has 0 atom stereocenters. The Balaban J connectivity index is 3.06. The Morgan fingerprint density at radius 2 is 2.07 bits per heavy atom. The number of carbonyl (C=O) groups is 1. The van der Waals surface area contributed by atoms with Crippen molar-refractivity contribution in [3.8, 4) is 0 Å². The zero-order valence-corrected chi connectivity index (χ0v) is 7.13. The van der Waals surface area contributed by atoms with Gasteiger partial charge in [-0.15, -0.1) is 0 Å². The van der Waals surface area contributed by atoms with Crippen molar-refractivity contribution in [3.05, 3.63) is 17.5 Å². The molecule has 0 spiro atoms. The molecule has 1 aromatic rings. The molecule has 0 aliphatic rings. The van der Waals surface area contributed by atoms with Gasteiger partial charge in [-0.25, -0.2) is 8.78 Å². The average Bonchev–Trinajstić information content (AvgIpc) is 2.45. The summed E-state index contributed by atoms with van der Waals surface area (Å²) in [4.78, 5) is 10.3. The Morgan fingerprint density at radius 3 is 2.47 bits per heavy atom. The number of aromatic nitrogens is 2. The maximum atomic E-state index is 12.1. The summed E-state index contributed by atoms with van der Waals surface area (Å²) in [7, 11) is 0. The van der Waals surface area contributed by atoms with Crippen molar-refractivity contribution in [2.24, 2.45) is 0 Å². The predicted molar refractivity (Wildman–Crippen MR) is 38.6 cm³/mol. The highest BCUT2D eigenvalue weighted by Crippen LogP contribution is 2.28. The first-order chi connectivity index (χ1) is 6.84. The summed E-state index contributed by atoms with van der Waals surface area (Å²) >= 11 is 0. The van der Waals surface area contributed by atoms with E-state index < -0.39 is 30.5 Å². The summed E-state index contributed by atoms with van der Waals surface area (Å²) in [6, 6.07) is 0.426. The van der Waals surface area contributed by atoms with E-state index in [9.17, 15) is 26.7 Å². The van der Waals surface area contributed by atoms with Crippen LogP contribution in [0.25, 0.3) is 0 Å². The van der Waals surface area contributed by atoms with Gasteiger partial charge in [0.1, 0.15) is 12.2 Å². The van der Waals surface area contributed by atoms with Crippen LogP contribution in [-0.4, -0.2) is 22.5 Å². The van der Waals surface area contributed by atoms with Crippen LogP contribution in [0.15, 0.2) is 6.07 Å². The fourth-order valence-electron chi connectivity index (χ4n) is 0.942. The molecule has 0 aliphatic heterocycles. The lowest BCUT2D eigenvalue weighted by Gasteiger charge is -2.02. The molecule has 1 heterocycles. The van der Waals surface area contributed by atoms with Crippen molar-refractivity contribution in [1.29, 1.82) is 0 Å². The van der Waals surface area contributed by atoms with Gasteiger partial charge in [0, 0.05) is 0 Å². The van der Waals surface area contributed by atoms with E-state index in [1.54, 1.807) is 0 Å². The van der Waals surface area contributed by atoms with Gasteiger partial charge in [-0.2, -0.15) is 18.3 Å². The smallest absolute Gasteiger partial charge is 0.296 e. The van der Waals surface area contributed by atoms with Crippen molar-refractivity contribution in [3.63, 3.8) is 0 Å². The predicted octanol–water partition coefficient (Wildman–Crippen LogP) is 1.98. The van der Waals surface area contributed by atoms with Crippen molar-refractivity contribution in [2.75, 3.05) is 0 Å². The minimum absolute atomic E-state index is 0.0462. The van der Waals surface area contributed by atoms with Crippen LogP contribution in [0.2, 0.25) is 0 Å². The molecular formula is C7H5F5N2O. The molecule has 1 aromatic heterocycles. The van der Waals surface area contributed by atoms with Crippen LogP contribution >= 0.6 is 0 Å². The Morgan fingerprint density at radius 1 is 1.47 bits per heavy atom. The van der Waals surface area contributed by atoms with E-state index in [1.165, 1.54) is 0 Å². The highest BCUT2D eigenvalue weighted by molar-refractivity contribution is 5.72. The second-order valence-electron chi connectivity index (χ2n) is 2.64. The summed E-state index contributed by atoms with van der Waals surface area (Å²) in [6.45, 7) is -1.04. The Bertz CT molecular complexity index is 357. The van der Waals surface area contributed by atoms with E-state index in [1.807, 2.05) is 0 Å². The van der Waals surface area contributed by atoms with Crippen LogP contribution in [0.4, 0.5) is 22.0 Å². The molecule has 0 fully saturated rings. The summed E-state index contributed by atoms with van der Waals surface area (Å²) in [5, 5.41) is 2.87. The summed E-state index contributed by atoms with van der Waals surface area (Å²) < 4.78 is 60.3. The molecule has 0 aromatic carbocycles. The number of alkyl halides is 5. The van der Waals surface area contributed by atoms with Crippen LogP contribution < -0.4 is 0 Å². The third kappa shape index (κ3) is 2.74. The fraction of sp³-hybridized carbons (Fsp3) is 0.429. The molecule has 0 N–H and O–H groups in total. The molecule has 0 bridgehead atoms. The lowest BCUT2D eigenvalue weighted by molar-refractivity contribution is -0.141. The molecule has 0 amide bonds. The molecule has 15 heavy (non-hydrogen) atoms. The summed E-state index contributed by atoms with van der Waals surface area (Å²) in [6.07, 6.45) is -7.57. The number of hydrogen-bond acceptors (Lipinski definition) is 2. The van der Waals surface area contributed by atoms with Gasteiger partial charge in [0.2, 0.25) is 0 Å². The second-order valence-corrected chi connectivity index (χ2v) is 2.64. The number of rotatable bonds is 3. The molecular weight excluding hydrogens is 223 g/mol. The van der Waals surface area contributed by atoms with Crippen molar-refractivity contribution in [1.82, 2.24) is 9.78 Å². The first-order valence-corrected chi connectivity index (χ1v) is 3.73. The molecule has 0 saturated carbocycles. The van der Waals surface area contributed by atoms with E-state index in [2.05, 4.69) is 5.10 Å². The topological polar surface area (TPSA) is 34.9 Å². The minimum Gasteiger partial charge on any atom is -0.296 e. The van der Waals surface area contributed by atoms with Gasteiger partial charge >= 0.3 is 6.18 Å². The Kier molecular flexibility index (Phi) is 3.06. The van der Waals surface area contributed by atoms with Crippen LogP contribution in [-0.2, 0) is 12.7 Å². The number of hydrogen-bond donors (Lipinski definition) is 0. The van der Waals surface area contributed by atoms with Gasteiger partial charge in [-0.1, -0.05) is 0 Å². The van der Waals surface area contributed by atoms with Crippen LogP contribution in [0.1, 0.15) is 16.2 Å². The number of carbonyl (C=O) groups excluding carboxylic acids is 1. The van der Waals surface area contributed by atoms with E-state index in [-0.39, 0.29) is 6.29 Å². The standard InChI is InChI=1S/C7H5F5N2O/c8-6(9)2-14-4(3-15)1-5(13-14)7(10,11)12/h1,3,6H,2H2. The molecule has 0 radical (unpaired) electrons. The van der Waals surface area contributed by atoms with Gasteiger partial charge in [0.15, 0.2) is 12.0 Å². The molecule has 1 rings (SSSR count). The van der Waals surface area contributed by atoms with E-state index in [4.69, 9.17) is 0 Å². The lowest BCUT2D eigenvalue weighted by atomic mass is 10.3. The van der Waals surface area contributed by atoms with E-state index in [0.29, 0.717) is 10.7 Å². The number of aldehydes is 1. The molecule has 84 valence electrons. The average molecular weight is 228 g/mol. The fourth-order valence-corrected chi connectivity index (χ4v) is 0.942. The number of halogens is 5. The minimum atomic E-state index is -4.74. The van der Waals surface area contributed by atoms with Crippen molar-refractivity contribution < 1.29 is 26.7 Å². The van der Waals surface area contributed by atoms with Gasteiger partial charge in [-0.05, 0) is 6.07 Å². The zero-order valence-electron chi connectivity index (χ0n) is 7.13. The van der Waals surface area contributed by atoms with Crippen molar-refractivity contribution >= 4 is 6.29 Å². The molecule has 0 saturated heterocycles. The second kappa shape index (κ2) is 3.95. The quantitative estimate of drug-likeness (QED) is 0.585. The van der Waals surface area contributed by atoms with E-state index >= 15 is 0 Å². The third-order valence-electron chi connectivity index (χ3n) is 1.53. The van der Waals surface area contributed by atoms with E-state index in [0.717, 1.165) is 0 Å².